The molecule has 0 amide bonds. The lowest BCUT2D eigenvalue weighted by molar-refractivity contribution is 0.471. The molecule has 2 nitrogen and oxygen atoms in total. The van der Waals surface area contributed by atoms with Gasteiger partial charge in [-0.15, -0.1) is 0 Å². The van der Waals surface area contributed by atoms with Crippen molar-refractivity contribution in [3.63, 3.8) is 0 Å². The van der Waals surface area contributed by atoms with Crippen molar-refractivity contribution in [3.8, 4) is 0 Å². The highest BCUT2D eigenvalue weighted by Crippen LogP contribution is 2.28. The van der Waals surface area contributed by atoms with Crippen LogP contribution in [0.25, 0.3) is 0 Å². The molecule has 0 aliphatic heterocycles. The summed E-state index contributed by atoms with van der Waals surface area (Å²) in [4.78, 5) is 0. The largest absolute Gasteiger partial charge is 0.271 e. The molecular weight excluding hydrogens is 331 g/mol. The lowest BCUT2D eigenvalue weighted by Crippen LogP contribution is -2.28. The Balaban J connectivity index is 2.27. The first kappa shape index (κ1) is 18.6. The molecule has 0 heterocycles. The van der Waals surface area contributed by atoms with Gasteiger partial charge >= 0.3 is 0 Å². The lowest BCUT2D eigenvalue weighted by Gasteiger charge is -2.18. The smallest absolute Gasteiger partial charge is 0.137 e. The van der Waals surface area contributed by atoms with Crippen LogP contribution in [0.5, 0.6) is 0 Å². The Labute approximate surface area is 136 Å². The van der Waals surface area contributed by atoms with Crippen LogP contribution in [0.2, 0.25) is 0 Å². The summed E-state index contributed by atoms with van der Waals surface area (Å²) in [5.41, 5.74) is 3.71. The monoisotopic (exact) mass is 358 g/mol. The molecule has 0 radical (unpaired) electrons. The molecule has 0 aliphatic rings. The minimum atomic E-state index is -0.233. The Bertz CT molecular complexity index is 398. The van der Waals surface area contributed by atoms with Crippen LogP contribution in [0.4, 0.5) is 4.39 Å². The predicted molar refractivity (Wildman–Crippen MR) is 91.4 cm³/mol. The number of nitrogens with one attached hydrogen (secondary N) is 1. The first-order valence-electron chi connectivity index (χ1n) is 8.10. The highest BCUT2D eigenvalue weighted by atomic mass is 79.9. The molecular formula is C17H28BrFN2. The van der Waals surface area contributed by atoms with Crippen LogP contribution in [-0.2, 0) is 0 Å². The Morgan fingerprint density at radius 2 is 1.71 bits per heavy atom. The van der Waals surface area contributed by atoms with E-state index in [9.17, 15) is 4.39 Å². The van der Waals surface area contributed by atoms with Crippen molar-refractivity contribution in [2.45, 2.75) is 70.8 Å². The quantitative estimate of drug-likeness (QED) is 0.306. The summed E-state index contributed by atoms with van der Waals surface area (Å²) < 4.78 is 14.1. The number of rotatable bonds is 11. The summed E-state index contributed by atoms with van der Waals surface area (Å²) in [5, 5.41) is 0. The molecule has 1 aromatic rings. The molecule has 1 unspecified atom stereocenters. The van der Waals surface area contributed by atoms with E-state index in [4.69, 9.17) is 5.84 Å². The van der Waals surface area contributed by atoms with Crippen molar-refractivity contribution in [1.29, 1.82) is 0 Å². The number of benzene rings is 1. The average Bonchev–Trinajstić information content (AvgIpc) is 2.49. The number of hydrazine groups is 1. The number of hydrogen-bond donors (Lipinski definition) is 2. The Morgan fingerprint density at radius 3 is 2.33 bits per heavy atom. The van der Waals surface area contributed by atoms with Gasteiger partial charge in [-0.2, -0.15) is 0 Å². The van der Waals surface area contributed by atoms with Gasteiger partial charge in [0.2, 0.25) is 0 Å². The van der Waals surface area contributed by atoms with Gasteiger partial charge in [-0.25, -0.2) is 4.39 Å². The van der Waals surface area contributed by atoms with E-state index in [2.05, 4.69) is 28.3 Å². The highest BCUT2D eigenvalue weighted by molar-refractivity contribution is 9.10. The van der Waals surface area contributed by atoms with Gasteiger partial charge in [0.1, 0.15) is 5.82 Å². The van der Waals surface area contributed by atoms with Crippen LogP contribution in [0, 0.1) is 5.82 Å². The second-order valence-corrected chi connectivity index (χ2v) is 6.42. The maximum absolute atomic E-state index is 13.6. The fourth-order valence-electron chi connectivity index (χ4n) is 2.60. The second kappa shape index (κ2) is 11.2. The number of hydrogen-bond acceptors (Lipinski definition) is 2. The SMILES string of the molecule is CCCCCCCCCCC(NN)c1cccc(F)c1Br. The zero-order chi connectivity index (χ0) is 15.5. The summed E-state index contributed by atoms with van der Waals surface area (Å²) in [7, 11) is 0. The molecule has 1 rings (SSSR count). The maximum atomic E-state index is 13.6. The van der Waals surface area contributed by atoms with Gasteiger partial charge in [0, 0.05) is 6.04 Å². The first-order valence-corrected chi connectivity index (χ1v) is 8.90. The molecule has 0 aromatic heterocycles. The van der Waals surface area contributed by atoms with Crippen molar-refractivity contribution in [1.82, 2.24) is 5.43 Å². The van der Waals surface area contributed by atoms with Gasteiger partial charge in [0.15, 0.2) is 0 Å². The first-order chi connectivity index (χ1) is 10.2. The summed E-state index contributed by atoms with van der Waals surface area (Å²) in [6.45, 7) is 2.24. The molecule has 0 fully saturated rings. The normalized spacial score (nSPS) is 12.6. The third-order valence-corrected chi connectivity index (χ3v) is 4.74. The van der Waals surface area contributed by atoms with E-state index in [1.165, 1.54) is 51.0 Å². The van der Waals surface area contributed by atoms with Crippen molar-refractivity contribution in [2.24, 2.45) is 5.84 Å². The van der Waals surface area contributed by atoms with Crippen molar-refractivity contribution in [3.05, 3.63) is 34.1 Å². The van der Waals surface area contributed by atoms with E-state index in [1.54, 1.807) is 6.07 Å². The van der Waals surface area contributed by atoms with Crippen molar-refractivity contribution < 1.29 is 4.39 Å². The molecule has 0 saturated heterocycles. The molecule has 120 valence electrons. The van der Waals surface area contributed by atoms with Crippen LogP contribution in [0.15, 0.2) is 22.7 Å². The average molecular weight is 359 g/mol. The number of nitrogens with two attached hydrogens (primary N) is 1. The minimum Gasteiger partial charge on any atom is -0.271 e. The maximum Gasteiger partial charge on any atom is 0.137 e. The zero-order valence-electron chi connectivity index (χ0n) is 13.0. The predicted octanol–water partition coefficient (Wildman–Crippen LogP) is 5.62. The van der Waals surface area contributed by atoms with Gasteiger partial charge in [-0.3, -0.25) is 11.3 Å². The highest BCUT2D eigenvalue weighted by Gasteiger charge is 2.14. The lowest BCUT2D eigenvalue weighted by atomic mass is 10.00. The van der Waals surface area contributed by atoms with E-state index in [0.717, 1.165) is 18.4 Å². The van der Waals surface area contributed by atoms with Gasteiger partial charge in [0.05, 0.1) is 4.47 Å². The van der Waals surface area contributed by atoms with E-state index >= 15 is 0 Å². The molecule has 21 heavy (non-hydrogen) atoms. The Morgan fingerprint density at radius 1 is 1.10 bits per heavy atom. The van der Waals surface area contributed by atoms with Gasteiger partial charge in [-0.05, 0) is 34.0 Å². The molecule has 0 saturated carbocycles. The van der Waals surface area contributed by atoms with E-state index in [0.29, 0.717) is 4.47 Å². The van der Waals surface area contributed by atoms with Crippen molar-refractivity contribution in [2.75, 3.05) is 0 Å². The third kappa shape index (κ3) is 6.90. The summed E-state index contributed by atoms with van der Waals surface area (Å²) in [6.07, 6.45) is 11.2. The van der Waals surface area contributed by atoms with Gasteiger partial charge in [-0.1, -0.05) is 70.4 Å². The van der Waals surface area contributed by atoms with E-state index < -0.39 is 0 Å². The second-order valence-electron chi connectivity index (χ2n) is 5.63. The molecule has 0 bridgehead atoms. The molecule has 0 spiro atoms. The number of halogens is 2. The van der Waals surface area contributed by atoms with Gasteiger partial charge < -0.3 is 0 Å². The summed E-state index contributed by atoms with van der Waals surface area (Å²) in [6, 6.07) is 5.11. The molecule has 1 aromatic carbocycles. The topological polar surface area (TPSA) is 38.0 Å². The Kier molecular flexibility index (Phi) is 9.89. The van der Waals surface area contributed by atoms with Crippen LogP contribution >= 0.6 is 15.9 Å². The van der Waals surface area contributed by atoms with Crippen LogP contribution < -0.4 is 11.3 Å². The molecule has 0 aliphatic carbocycles. The summed E-state index contributed by atoms with van der Waals surface area (Å²) in [5.74, 6) is 5.39. The van der Waals surface area contributed by atoms with E-state index in [1.807, 2.05) is 6.07 Å². The van der Waals surface area contributed by atoms with Crippen LogP contribution in [0.1, 0.15) is 76.3 Å². The van der Waals surface area contributed by atoms with Gasteiger partial charge in [0.25, 0.3) is 0 Å². The third-order valence-electron chi connectivity index (χ3n) is 3.90. The zero-order valence-corrected chi connectivity index (χ0v) is 14.6. The fraction of sp³-hybridized carbons (Fsp3) is 0.647. The van der Waals surface area contributed by atoms with E-state index in [-0.39, 0.29) is 11.9 Å². The molecule has 3 N–H and O–H groups in total. The van der Waals surface area contributed by atoms with Crippen LogP contribution in [-0.4, -0.2) is 0 Å². The standard InChI is InChI=1S/C17H28BrFN2/c1-2-3-4-5-6-7-8-9-13-16(21-20)14-11-10-12-15(19)17(14)18/h10-12,16,21H,2-9,13,20H2,1H3. The van der Waals surface area contributed by atoms with Crippen molar-refractivity contribution >= 4 is 15.9 Å². The number of unbranched alkanes of at least 4 members (excludes halogenated alkanes) is 7. The van der Waals surface area contributed by atoms with Crippen LogP contribution in [0.3, 0.4) is 0 Å². The fourth-order valence-corrected chi connectivity index (χ4v) is 3.14. The molecule has 1 atom stereocenters. The molecule has 4 heteroatoms. The Hall–Kier alpha value is -0.450. The minimum absolute atomic E-state index is 0.00941. The summed E-state index contributed by atoms with van der Waals surface area (Å²) >= 11 is 3.31.